The van der Waals surface area contributed by atoms with E-state index in [1.165, 1.54) is 24.3 Å². The Labute approximate surface area is 144 Å². The minimum absolute atomic E-state index is 0.0193. The molecule has 0 saturated carbocycles. The Bertz CT molecular complexity index is 781. The fourth-order valence-electron chi connectivity index (χ4n) is 3.19. The Balaban J connectivity index is 1.84. The number of aryl methyl sites for hydroxylation is 1. The van der Waals surface area contributed by atoms with Crippen molar-refractivity contribution >= 4 is 11.5 Å². The number of alkyl halides is 3. The van der Waals surface area contributed by atoms with E-state index in [1.54, 1.807) is 6.07 Å². The van der Waals surface area contributed by atoms with Gasteiger partial charge in [-0.3, -0.25) is 4.79 Å². The van der Waals surface area contributed by atoms with Crippen molar-refractivity contribution in [3.8, 4) is 0 Å². The van der Waals surface area contributed by atoms with Gasteiger partial charge in [0.1, 0.15) is 0 Å². The van der Waals surface area contributed by atoms with Crippen LogP contribution in [0.2, 0.25) is 0 Å². The maximum atomic E-state index is 13.3. The van der Waals surface area contributed by atoms with Gasteiger partial charge in [-0.15, -0.1) is 0 Å². The molecular formula is C20H18F3NO. The van der Waals surface area contributed by atoms with Crippen LogP contribution in [0.1, 0.15) is 35.6 Å². The second-order valence-corrected chi connectivity index (χ2v) is 6.07. The van der Waals surface area contributed by atoms with Crippen LogP contribution in [-0.2, 0) is 11.2 Å². The summed E-state index contributed by atoms with van der Waals surface area (Å²) in [6, 6.07) is 14.8. The monoisotopic (exact) mass is 345 g/mol. The number of carbonyl (C=O) groups is 1. The molecule has 1 N–H and O–H groups in total. The van der Waals surface area contributed by atoms with Crippen LogP contribution in [0.25, 0.3) is 5.57 Å². The van der Waals surface area contributed by atoms with Gasteiger partial charge in [-0.25, -0.2) is 0 Å². The second-order valence-electron chi connectivity index (χ2n) is 6.07. The molecule has 5 heteroatoms. The minimum atomic E-state index is -4.59. The van der Waals surface area contributed by atoms with E-state index >= 15 is 0 Å². The zero-order chi connectivity index (χ0) is 17.9. The molecule has 0 aliphatic heterocycles. The van der Waals surface area contributed by atoms with Gasteiger partial charge in [0.05, 0.1) is 11.6 Å². The smallest absolute Gasteiger partial charge is 0.346 e. The summed E-state index contributed by atoms with van der Waals surface area (Å²) in [6.07, 6.45) is -1.38. The predicted molar refractivity (Wildman–Crippen MR) is 90.7 cm³/mol. The molecule has 3 rings (SSSR count). The van der Waals surface area contributed by atoms with E-state index in [0.717, 1.165) is 30.4 Å². The lowest BCUT2D eigenvalue weighted by atomic mass is 9.87. The SMILES string of the molecule is O=C(/C=C(/c1ccccc1)C(F)(F)F)NC1CCCc2ccccc21. The number of rotatable bonds is 3. The molecule has 2 aromatic rings. The highest BCUT2D eigenvalue weighted by molar-refractivity contribution is 5.96. The van der Waals surface area contributed by atoms with Crippen LogP contribution >= 0.6 is 0 Å². The van der Waals surface area contributed by atoms with Gasteiger partial charge in [0.25, 0.3) is 0 Å². The fraction of sp³-hybridized carbons (Fsp3) is 0.250. The molecule has 0 aromatic heterocycles. The van der Waals surface area contributed by atoms with Crippen molar-refractivity contribution in [2.45, 2.75) is 31.5 Å². The van der Waals surface area contributed by atoms with Crippen LogP contribution in [0.5, 0.6) is 0 Å². The van der Waals surface area contributed by atoms with Gasteiger partial charge in [0.2, 0.25) is 5.91 Å². The molecule has 1 aliphatic carbocycles. The van der Waals surface area contributed by atoms with Gasteiger partial charge < -0.3 is 5.32 Å². The molecule has 1 atom stereocenters. The molecule has 2 nitrogen and oxygen atoms in total. The van der Waals surface area contributed by atoms with Crippen LogP contribution in [0.3, 0.4) is 0 Å². The number of carbonyl (C=O) groups excluding carboxylic acids is 1. The molecule has 0 spiro atoms. The lowest BCUT2D eigenvalue weighted by molar-refractivity contribution is -0.117. The van der Waals surface area contributed by atoms with Crippen LogP contribution in [0.4, 0.5) is 13.2 Å². The lowest BCUT2D eigenvalue weighted by Gasteiger charge is -2.26. The van der Waals surface area contributed by atoms with Gasteiger partial charge >= 0.3 is 6.18 Å². The minimum Gasteiger partial charge on any atom is -0.346 e. The number of amides is 1. The summed E-state index contributed by atoms with van der Waals surface area (Å²) >= 11 is 0. The van der Waals surface area contributed by atoms with E-state index in [9.17, 15) is 18.0 Å². The fourth-order valence-corrected chi connectivity index (χ4v) is 3.19. The zero-order valence-electron chi connectivity index (χ0n) is 13.5. The number of benzene rings is 2. The van der Waals surface area contributed by atoms with Crippen molar-refractivity contribution in [2.24, 2.45) is 0 Å². The Kier molecular flexibility index (Phi) is 4.93. The van der Waals surface area contributed by atoms with Crippen LogP contribution in [0, 0.1) is 0 Å². The highest BCUT2D eigenvalue weighted by Crippen LogP contribution is 2.34. The molecule has 0 radical (unpaired) electrons. The number of fused-ring (bicyclic) bond motifs is 1. The third kappa shape index (κ3) is 4.10. The van der Waals surface area contributed by atoms with Crippen molar-refractivity contribution in [1.29, 1.82) is 0 Å². The van der Waals surface area contributed by atoms with Crippen LogP contribution in [0.15, 0.2) is 60.7 Å². The highest BCUT2D eigenvalue weighted by Gasteiger charge is 2.35. The van der Waals surface area contributed by atoms with E-state index < -0.39 is 17.7 Å². The van der Waals surface area contributed by atoms with Gasteiger partial charge in [0.15, 0.2) is 0 Å². The summed E-state index contributed by atoms with van der Waals surface area (Å²) in [5.74, 6) is -0.724. The Morgan fingerprint density at radius 2 is 1.72 bits per heavy atom. The van der Waals surface area contributed by atoms with Crippen molar-refractivity contribution < 1.29 is 18.0 Å². The maximum Gasteiger partial charge on any atom is 0.417 e. The molecule has 2 aromatic carbocycles. The van der Waals surface area contributed by atoms with E-state index in [1.807, 2.05) is 24.3 Å². The normalized spacial score (nSPS) is 17.7. The topological polar surface area (TPSA) is 29.1 Å². The number of allylic oxidation sites excluding steroid dienone is 1. The van der Waals surface area contributed by atoms with E-state index in [-0.39, 0.29) is 11.6 Å². The van der Waals surface area contributed by atoms with E-state index in [2.05, 4.69) is 5.32 Å². The molecule has 0 fully saturated rings. The largest absolute Gasteiger partial charge is 0.417 e. The van der Waals surface area contributed by atoms with E-state index in [4.69, 9.17) is 0 Å². The lowest BCUT2D eigenvalue weighted by Crippen LogP contribution is -2.30. The van der Waals surface area contributed by atoms with Gasteiger partial charge in [-0.05, 0) is 36.0 Å². The second kappa shape index (κ2) is 7.13. The van der Waals surface area contributed by atoms with Gasteiger partial charge in [-0.1, -0.05) is 54.6 Å². The molecular weight excluding hydrogens is 327 g/mol. The first-order chi connectivity index (χ1) is 11.9. The van der Waals surface area contributed by atoms with Crippen molar-refractivity contribution in [3.05, 3.63) is 77.4 Å². The molecule has 130 valence electrons. The Morgan fingerprint density at radius 3 is 2.44 bits per heavy atom. The van der Waals surface area contributed by atoms with Crippen molar-refractivity contribution in [3.63, 3.8) is 0 Å². The zero-order valence-corrected chi connectivity index (χ0v) is 13.5. The number of nitrogens with one attached hydrogen (secondary N) is 1. The summed E-state index contributed by atoms with van der Waals surface area (Å²) in [5.41, 5.74) is 1.18. The first-order valence-corrected chi connectivity index (χ1v) is 8.18. The summed E-state index contributed by atoms with van der Waals surface area (Å²) in [5, 5.41) is 2.73. The summed E-state index contributed by atoms with van der Waals surface area (Å²) in [7, 11) is 0. The number of hydrogen-bond acceptors (Lipinski definition) is 1. The molecule has 25 heavy (non-hydrogen) atoms. The standard InChI is InChI=1S/C20H18F3NO/c21-20(22,23)17(15-8-2-1-3-9-15)13-19(25)24-18-12-6-10-14-7-4-5-11-16(14)18/h1-5,7-9,11,13,18H,6,10,12H2,(H,24,25)/b17-13-. The average Bonchev–Trinajstić information content (AvgIpc) is 2.60. The van der Waals surface area contributed by atoms with Crippen molar-refractivity contribution in [2.75, 3.05) is 0 Å². The molecule has 1 amide bonds. The average molecular weight is 345 g/mol. The highest BCUT2D eigenvalue weighted by atomic mass is 19.4. The molecule has 1 aliphatic rings. The molecule has 0 saturated heterocycles. The third-order valence-electron chi connectivity index (χ3n) is 4.35. The van der Waals surface area contributed by atoms with Crippen molar-refractivity contribution in [1.82, 2.24) is 5.32 Å². The van der Waals surface area contributed by atoms with E-state index in [0.29, 0.717) is 6.08 Å². The Morgan fingerprint density at radius 1 is 1.04 bits per heavy atom. The summed E-state index contributed by atoms with van der Waals surface area (Å²) in [6.45, 7) is 0. The Hall–Kier alpha value is -2.56. The first-order valence-electron chi connectivity index (χ1n) is 8.18. The molecule has 0 heterocycles. The van der Waals surface area contributed by atoms with Crippen LogP contribution in [-0.4, -0.2) is 12.1 Å². The first kappa shape index (κ1) is 17.3. The number of halogens is 3. The quantitative estimate of drug-likeness (QED) is 0.794. The van der Waals surface area contributed by atoms with Gasteiger partial charge in [0, 0.05) is 6.08 Å². The van der Waals surface area contributed by atoms with Crippen LogP contribution < -0.4 is 5.32 Å². The maximum absolute atomic E-state index is 13.3. The summed E-state index contributed by atoms with van der Waals surface area (Å²) < 4.78 is 40.0. The molecule has 0 bridgehead atoms. The summed E-state index contributed by atoms with van der Waals surface area (Å²) in [4.78, 5) is 12.3. The third-order valence-corrected chi connectivity index (χ3v) is 4.35. The number of hydrogen-bond donors (Lipinski definition) is 1. The molecule has 1 unspecified atom stereocenters. The predicted octanol–water partition coefficient (Wildman–Crippen LogP) is 4.83. The van der Waals surface area contributed by atoms with Gasteiger partial charge in [-0.2, -0.15) is 13.2 Å².